The molecule has 3 rings (SSSR count). The number of esters is 1. The number of benzene rings is 3. The van der Waals surface area contributed by atoms with Gasteiger partial charge < -0.3 is 4.74 Å². The summed E-state index contributed by atoms with van der Waals surface area (Å²) in [4.78, 5) is 12.3. The van der Waals surface area contributed by atoms with Gasteiger partial charge in [0.15, 0.2) is 0 Å². The summed E-state index contributed by atoms with van der Waals surface area (Å²) in [5, 5.41) is 4.76. The minimum atomic E-state index is -0.464. The molecule has 0 aromatic heterocycles. The minimum Gasteiger partial charge on any atom is -0.426 e. The Kier molecular flexibility index (Phi) is 3.85. The molecule has 0 unspecified atom stereocenters. The lowest BCUT2D eigenvalue weighted by Gasteiger charge is -2.20. The van der Waals surface area contributed by atoms with E-state index in [0.717, 1.165) is 11.8 Å². The molecule has 0 N–H and O–H groups in total. The van der Waals surface area contributed by atoms with Crippen LogP contribution in [-0.4, -0.2) is 5.97 Å². The number of ether oxygens (including phenoxy) is 1. The van der Waals surface area contributed by atoms with Gasteiger partial charge in [-0.05, 0) is 72.5 Å². The van der Waals surface area contributed by atoms with Crippen molar-refractivity contribution < 1.29 is 9.53 Å². The molecule has 0 radical (unpaired) electrons. The molecule has 0 saturated heterocycles. The summed E-state index contributed by atoms with van der Waals surface area (Å²) in [5.41, 5.74) is 0.790. The van der Waals surface area contributed by atoms with Crippen LogP contribution in [0.1, 0.15) is 32.8 Å². The van der Waals surface area contributed by atoms with E-state index in [-0.39, 0.29) is 5.97 Å². The third-order valence-corrected chi connectivity index (χ3v) is 4.75. The van der Waals surface area contributed by atoms with E-state index < -0.39 is 5.41 Å². The molecule has 23 heavy (non-hydrogen) atoms. The predicted octanol–water partition coefficient (Wildman–Crippen LogP) is 5.64. The fraction of sp³-hybridized carbons (Fsp3) is 0.286. The molecule has 0 aliphatic rings. The number of fused-ring (bicyclic) bond motifs is 2. The highest BCUT2D eigenvalue weighted by Gasteiger charge is 2.27. The van der Waals surface area contributed by atoms with Crippen molar-refractivity contribution in [3.63, 3.8) is 0 Å². The molecule has 118 valence electrons. The first-order valence-electron chi connectivity index (χ1n) is 8.07. The highest BCUT2D eigenvalue weighted by Crippen LogP contribution is 2.31. The van der Waals surface area contributed by atoms with Gasteiger partial charge in [0.1, 0.15) is 5.75 Å². The maximum Gasteiger partial charge on any atom is 0.316 e. The standard InChI is InChI=1S/C21H22O2/c1-5-21(3,4)20(22)23-17-10-11-19-14(2)18-9-7-6-8-15(18)12-16(19)13-17/h6-13H,5H2,1-4H3. The zero-order chi connectivity index (χ0) is 16.6. The molecular formula is C21H22O2. The topological polar surface area (TPSA) is 26.3 Å². The lowest BCUT2D eigenvalue weighted by Crippen LogP contribution is -2.28. The van der Waals surface area contributed by atoms with Crippen molar-refractivity contribution in [2.75, 3.05) is 0 Å². The summed E-state index contributed by atoms with van der Waals surface area (Å²) < 4.78 is 5.59. The van der Waals surface area contributed by atoms with Crippen molar-refractivity contribution in [3.8, 4) is 5.75 Å². The van der Waals surface area contributed by atoms with Crippen LogP contribution in [0.5, 0.6) is 5.75 Å². The summed E-state index contributed by atoms with van der Waals surface area (Å²) in [6.07, 6.45) is 0.753. The smallest absolute Gasteiger partial charge is 0.316 e. The van der Waals surface area contributed by atoms with Gasteiger partial charge in [0.05, 0.1) is 5.41 Å². The second-order valence-corrected chi connectivity index (χ2v) is 6.73. The van der Waals surface area contributed by atoms with Gasteiger partial charge >= 0.3 is 5.97 Å². The van der Waals surface area contributed by atoms with E-state index in [1.165, 1.54) is 21.7 Å². The van der Waals surface area contributed by atoms with E-state index in [1.54, 1.807) is 0 Å². The predicted molar refractivity (Wildman–Crippen MR) is 95.9 cm³/mol. The number of carbonyl (C=O) groups is 1. The molecule has 0 aliphatic heterocycles. The molecule has 2 heteroatoms. The van der Waals surface area contributed by atoms with Crippen LogP contribution in [0.25, 0.3) is 21.5 Å². The number of rotatable bonds is 3. The second kappa shape index (κ2) is 5.69. The first-order valence-corrected chi connectivity index (χ1v) is 8.07. The molecule has 0 spiro atoms. The van der Waals surface area contributed by atoms with Crippen molar-refractivity contribution in [3.05, 3.63) is 54.1 Å². The summed E-state index contributed by atoms with van der Waals surface area (Å²) in [6.45, 7) is 7.95. The van der Waals surface area contributed by atoms with Gasteiger partial charge in [-0.15, -0.1) is 0 Å². The number of hydrogen-bond donors (Lipinski definition) is 0. The molecule has 0 heterocycles. The lowest BCUT2D eigenvalue weighted by atomic mass is 9.91. The molecule has 0 aliphatic carbocycles. The molecule has 2 nitrogen and oxygen atoms in total. The second-order valence-electron chi connectivity index (χ2n) is 6.73. The van der Waals surface area contributed by atoms with Crippen molar-refractivity contribution in [2.24, 2.45) is 5.41 Å². The van der Waals surface area contributed by atoms with E-state index in [9.17, 15) is 4.79 Å². The Morgan fingerprint density at radius 2 is 1.70 bits per heavy atom. The van der Waals surface area contributed by atoms with E-state index in [2.05, 4.69) is 31.2 Å². The summed E-state index contributed by atoms with van der Waals surface area (Å²) in [7, 11) is 0. The molecule has 0 amide bonds. The average Bonchev–Trinajstić information content (AvgIpc) is 2.55. The molecular weight excluding hydrogens is 284 g/mol. The Labute approximate surface area is 137 Å². The van der Waals surface area contributed by atoms with Gasteiger partial charge in [-0.25, -0.2) is 0 Å². The maximum absolute atomic E-state index is 12.3. The molecule has 0 fully saturated rings. The van der Waals surface area contributed by atoms with Gasteiger partial charge in [-0.3, -0.25) is 4.79 Å². The third-order valence-electron chi connectivity index (χ3n) is 4.75. The summed E-state index contributed by atoms with van der Waals surface area (Å²) in [6, 6.07) is 16.4. The van der Waals surface area contributed by atoms with Crippen LogP contribution in [0.4, 0.5) is 0 Å². The van der Waals surface area contributed by atoms with Gasteiger partial charge in [0.25, 0.3) is 0 Å². The Morgan fingerprint density at radius 3 is 2.43 bits per heavy atom. The zero-order valence-corrected chi connectivity index (χ0v) is 14.1. The molecule has 3 aromatic rings. The SMILES string of the molecule is CCC(C)(C)C(=O)Oc1ccc2c(C)c3ccccc3cc2c1. The quantitative estimate of drug-likeness (QED) is 0.355. The monoisotopic (exact) mass is 306 g/mol. The minimum absolute atomic E-state index is 0.183. The first kappa shape index (κ1) is 15.5. The van der Waals surface area contributed by atoms with Crippen molar-refractivity contribution in [2.45, 2.75) is 34.1 Å². The van der Waals surface area contributed by atoms with E-state index in [1.807, 2.05) is 45.0 Å². The van der Waals surface area contributed by atoms with E-state index in [4.69, 9.17) is 4.74 Å². The van der Waals surface area contributed by atoms with E-state index in [0.29, 0.717) is 5.75 Å². The van der Waals surface area contributed by atoms with Crippen LogP contribution in [0, 0.1) is 12.3 Å². The molecule has 3 aromatic carbocycles. The Bertz CT molecular complexity index is 891. The molecule has 0 bridgehead atoms. The third kappa shape index (κ3) is 2.81. The van der Waals surface area contributed by atoms with Crippen LogP contribution in [0.2, 0.25) is 0 Å². The summed E-state index contributed by atoms with van der Waals surface area (Å²) in [5.74, 6) is 0.426. The normalized spacial score (nSPS) is 11.8. The number of hydrogen-bond acceptors (Lipinski definition) is 2. The van der Waals surface area contributed by atoms with Crippen LogP contribution >= 0.6 is 0 Å². The van der Waals surface area contributed by atoms with Crippen LogP contribution in [0.3, 0.4) is 0 Å². The fourth-order valence-corrected chi connectivity index (χ4v) is 2.73. The summed E-state index contributed by atoms with van der Waals surface area (Å²) >= 11 is 0. The first-order chi connectivity index (χ1) is 10.9. The molecule has 0 atom stereocenters. The largest absolute Gasteiger partial charge is 0.426 e. The van der Waals surface area contributed by atoms with Crippen LogP contribution < -0.4 is 4.74 Å². The fourth-order valence-electron chi connectivity index (χ4n) is 2.73. The van der Waals surface area contributed by atoms with Gasteiger partial charge in [-0.1, -0.05) is 37.3 Å². The van der Waals surface area contributed by atoms with Gasteiger partial charge in [0.2, 0.25) is 0 Å². The lowest BCUT2D eigenvalue weighted by molar-refractivity contribution is -0.144. The van der Waals surface area contributed by atoms with Crippen LogP contribution in [0.15, 0.2) is 48.5 Å². The van der Waals surface area contributed by atoms with E-state index >= 15 is 0 Å². The zero-order valence-electron chi connectivity index (χ0n) is 14.1. The van der Waals surface area contributed by atoms with Crippen molar-refractivity contribution in [1.29, 1.82) is 0 Å². The van der Waals surface area contributed by atoms with Crippen LogP contribution in [-0.2, 0) is 4.79 Å². The Morgan fingerprint density at radius 1 is 1.00 bits per heavy atom. The molecule has 0 saturated carbocycles. The number of aryl methyl sites for hydroxylation is 1. The van der Waals surface area contributed by atoms with Gasteiger partial charge in [0, 0.05) is 0 Å². The maximum atomic E-state index is 12.3. The Hall–Kier alpha value is -2.35. The van der Waals surface area contributed by atoms with Gasteiger partial charge in [-0.2, -0.15) is 0 Å². The van der Waals surface area contributed by atoms with Crippen molar-refractivity contribution >= 4 is 27.5 Å². The Balaban J connectivity index is 2.05. The van der Waals surface area contributed by atoms with Crippen molar-refractivity contribution in [1.82, 2.24) is 0 Å². The highest BCUT2D eigenvalue weighted by molar-refractivity contribution is 6.02. The number of carbonyl (C=O) groups excluding carboxylic acids is 1. The highest BCUT2D eigenvalue weighted by atomic mass is 16.5. The average molecular weight is 306 g/mol.